The van der Waals surface area contributed by atoms with E-state index in [4.69, 9.17) is 4.74 Å². The zero-order valence-electron chi connectivity index (χ0n) is 16.0. The minimum absolute atomic E-state index is 0.0302. The van der Waals surface area contributed by atoms with Gasteiger partial charge in [0.1, 0.15) is 17.2 Å². The van der Waals surface area contributed by atoms with Crippen molar-refractivity contribution in [2.45, 2.75) is 26.2 Å². The molecule has 1 saturated heterocycles. The first-order valence-electron chi connectivity index (χ1n) is 9.37. The van der Waals surface area contributed by atoms with Crippen LogP contribution in [0.25, 0.3) is 0 Å². The Labute approximate surface area is 169 Å². The summed E-state index contributed by atoms with van der Waals surface area (Å²) in [5.74, 6) is -3.71. The Bertz CT molecular complexity index is 1100. The smallest absolute Gasteiger partial charge is 0.276 e. The van der Waals surface area contributed by atoms with Crippen LogP contribution in [0.2, 0.25) is 0 Å². The molecule has 2 atom stereocenters. The number of pyridine rings is 1. The van der Waals surface area contributed by atoms with E-state index in [1.807, 2.05) is 6.92 Å². The molecule has 1 aromatic carbocycles. The van der Waals surface area contributed by atoms with Crippen LogP contribution in [0.5, 0.6) is 5.75 Å². The summed E-state index contributed by atoms with van der Waals surface area (Å²) in [5.41, 5.74) is -1.57. The number of amides is 2. The van der Waals surface area contributed by atoms with E-state index in [-0.39, 0.29) is 30.3 Å². The van der Waals surface area contributed by atoms with E-state index >= 15 is 0 Å². The molecule has 0 bridgehead atoms. The van der Waals surface area contributed by atoms with Gasteiger partial charge >= 0.3 is 0 Å². The zero-order chi connectivity index (χ0) is 21.6. The summed E-state index contributed by atoms with van der Waals surface area (Å²) in [6, 6.07) is 2.91. The number of rotatable bonds is 3. The molecule has 0 unspecified atom stereocenters. The third kappa shape index (κ3) is 3.43. The summed E-state index contributed by atoms with van der Waals surface area (Å²) < 4.78 is 33.7. The average Bonchev–Trinajstić information content (AvgIpc) is 2.70. The van der Waals surface area contributed by atoms with Gasteiger partial charge in [0.05, 0.1) is 13.2 Å². The van der Waals surface area contributed by atoms with Crippen molar-refractivity contribution in [1.82, 2.24) is 14.8 Å². The molecule has 158 valence electrons. The maximum absolute atomic E-state index is 13.7. The number of nitrogens with zero attached hydrogens (tertiary/aromatic N) is 2. The Balaban J connectivity index is 1.61. The lowest BCUT2D eigenvalue weighted by atomic mass is 10.1. The highest BCUT2D eigenvalue weighted by atomic mass is 19.1. The molecule has 2 aromatic rings. The van der Waals surface area contributed by atoms with Crippen LogP contribution in [0.15, 0.2) is 29.2 Å². The largest absolute Gasteiger partial charge is 0.503 e. The maximum atomic E-state index is 13.7. The van der Waals surface area contributed by atoms with Crippen molar-refractivity contribution in [3.8, 4) is 5.75 Å². The van der Waals surface area contributed by atoms with E-state index < -0.39 is 46.4 Å². The fraction of sp³-hybridized carbons (Fsp3) is 0.350. The van der Waals surface area contributed by atoms with Crippen molar-refractivity contribution in [3.63, 3.8) is 0 Å². The molecule has 2 aliphatic heterocycles. The molecule has 0 radical (unpaired) electrons. The monoisotopic (exact) mass is 419 g/mol. The van der Waals surface area contributed by atoms with Gasteiger partial charge in [-0.3, -0.25) is 14.4 Å². The predicted molar refractivity (Wildman–Crippen MR) is 99.8 cm³/mol. The Morgan fingerprint density at radius 3 is 2.80 bits per heavy atom. The van der Waals surface area contributed by atoms with Crippen LogP contribution in [-0.4, -0.2) is 45.8 Å². The molecule has 1 fully saturated rings. The molecule has 2 N–H and O–H groups in total. The molecule has 0 aliphatic carbocycles. The van der Waals surface area contributed by atoms with Gasteiger partial charge in [0.25, 0.3) is 11.8 Å². The number of hydrogen-bond acceptors (Lipinski definition) is 5. The lowest BCUT2D eigenvalue weighted by Crippen LogP contribution is -2.55. The van der Waals surface area contributed by atoms with Crippen molar-refractivity contribution < 1.29 is 28.2 Å². The van der Waals surface area contributed by atoms with Crippen molar-refractivity contribution in [2.24, 2.45) is 5.92 Å². The quantitative estimate of drug-likeness (QED) is 0.779. The van der Waals surface area contributed by atoms with Crippen molar-refractivity contribution in [1.29, 1.82) is 0 Å². The summed E-state index contributed by atoms with van der Waals surface area (Å²) in [6.45, 7) is 2.68. The Morgan fingerprint density at radius 1 is 1.30 bits per heavy atom. The summed E-state index contributed by atoms with van der Waals surface area (Å²) in [7, 11) is 0. The van der Waals surface area contributed by atoms with Crippen molar-refractivity contribution >= 4 is 11.8 Å². The molecule has 2 aliphatic rings. The topological polar surface area (TPSA) is 101 Å². The summed E-state index contributed by atoms with van der Waals surface area (Å²) in [6.07, 6.45) is 0.622. The van der Waals surface area contributed by atoms with Gasteiger partial charge in [-0.1, -0.05) is 13.0 Å². The van der Waals surface area contributed by atoms with Crippen LogP contribution in [0.3, 0.4) is 0 Å². The summed E-state index contributed by atoms with van der Waals surface area (Å²) in [5, 5.41) is 12.7. The van der Waals surface area contributed by atoms with Crippen LogP contribution in [-0.2, 0) is 17.8 Å². The number of carbonyl (C=O) groups is 2. The van der Waals surface area contributed by atoms with E-state index in [0.717, 1.165) is 6.07 Å². The van der Waals surface area contributed by atoms with Gasteiger partial charge in [-0.05, 0) is 12.0 Å². The average molecular weight is 419 g/mol. The van der Waals surface area contributed by atoms with Gasteiger partial charge in [0.2, 0.25) is 5.43 Å². The normalized spacial score (nSPS) is 20.5. The van der Waals surface area contributed by atoms with Crippen LogP contribution in [0.1, 0.15) is 33.3 Å². The van der Waals surface area contributed by atoms with Crippen LogP contribution < -0.4 is 10.7 Å². The molecule has 0 spiro atoms. The predicted octanol–water partition coefficient (Wildman–Crippen LogP) is 1.21. The Kier molecular flexibility index (Phi) is 5.02. The fourth-order valence-corrected chi connectivity index (χ4v) is 3.66. The summed E-state index contributed by atoms with van der Waals surface area (Å²) in [4.78, 5) is 39.3. The standard InChI is InChI=1S/C20H19F2N3O5/c1-10-6-25-15(30-9-10)8-24-7-13(17(26)18(27)16(24)20(25)29)19(28)23-5-11-2-3-12(21)4-14(11)22/h2-4,7,10,15,27H,5-6,8-9H2,1H3,(H,23,28)/t10-,15-/m1/s1. The summed E-state index contributed by atoms with van der Waals surface area (Å²) >= 11 is 0. The molecule has 8 nitrogen and oxygen atoms in total. The van der Waals surface area contributed by atoms with Gasteiger partial charge in [-0.2, -0.15) is 0 Å². The maximum Gasteiger partial charge on any atom is 0.276 e. The number of hydrogen-bond donors (Lipinski definition) is 2. The van der Waals surface area contributed by atoms with Gasteiger partial charge in [0, 0.05) is 30.9 Å². The molecule has 4 rings (SSSR count). The van der Waals surface area contributed by atoms with Gasteiger partial charge in [-0.15, -0.1) is 0 Å². The Hall–Kier alpha value is -3.27. The van der Waals surface area contributed by atoms with E-state index in [2.05, 4.69) is 5.32 Å². The number of carbonyl (C=O) groups excluding carboxylic acids is 2. The van der Waals surface area contributed by atoms with E-state index in [1.54, 1.807) is 0 Å². The van der Waals surface area contributed by atoms with Crippen LogP contribution >= 0.6 is 0 Å². The zero-order valence-corrected chi connectivity index (χ0v) is 16.0. The molecule has 10 heteroatoms. The number of aromatic nitrogens is 1. The van der Waals surface area contributed by atoms with Gasteiger partial charge < -0.3 is 24.6 Å². The fourth-order valence-electron chi connectivity index (χ4n) is 3.66. The minimum atomic E-state index is -1.00. The van der Waals surface area contributed by atoms with Gasteiger partial charge in [0.15, 0.2) is 17.7 Å². The Morgan fingerprint density at radius 2 is 2.07 bits per heavy atom. The first-order valence-corrected chi connectivity index (χ1v) is 9.37. The molecular formula is C20H19F2N3O5. The second-order valence-corrected chi connectivity index (χ2v) is 7.49. The number of fused-ring (bicyclic) bond motifs is 2. The first kappa shape index (κ1) is 20.0. The van der Waals surface area contributed by atoms with Crippen molar-refractivity contribution in [2.75, 3.05) is 13.2 Å². The molecule has 2 amide bonds. The number of benzene rings is 1. The SMILES string of the molecule is C[C@H]1CO[C@@H]2Cn3cc(C(=O)NCc4ccc(F)cc4F)c(=O)c(O)c3C(=O)N2C1. The lowest BCUT2D eigenvalue weighted by molar-refractivity contribution is -0.111. The number of ether oxygens (including phenoxy) is 1. The highest BCUT2D eigenvalue weighted by Crippen LogP contribution is 2.27. The van der Waals surface area contributed by atoms with Gasteiger partial charge in [-0.25, -0.2) is 8.78 Å². The number of nitrogens with one attached hydrogen (secondary N) is 1. The van der Waals surface area contributed by atoms with Crippen molar-refractivity contribution in [3.05, 3.63) is 63.1 Å². The first-order chi connectivity index (χ1) is 14.3. The number of aromatic hydroxyl groups is 1. The highest BCUT2D eigenvalue weighted by Gasteiger charge is 2.39. The van der Waals surface area contributed by atoms with E-state index in [1.165, 1.54) is 21.7 Å². The molecule has 3 heterocycles. The number of halogens is 2. The highest BCUT2D eigenvalue weighted by molar-refractivity contribution is 5.99. The molecule has 30 heavy (non-hydrogen) atoms. The third-order valence-electron chi connectivity index (χ3n) is 5.20. The lowest BCUT2D eigenvalue weighted by Gasteiger charge is -2.42. The second kappa shape index (κ2) is 7.52. The van der Waals surface area contributed by atoms with E-state index in [0.29, 0.717) is 19.2 Å². The minimum Gasteiger partial charge on any atom is -0.503 e. The third-order valence-corrected chi connectivity index (χ3v) is 5.20. The van der Waals surface area contributed by atoms with E-state index in [9.17, 15) is 28.3 Å². The van der Waals surface area contributed by atoms with Crippen LogP contribution in [0, 0.1) is 17.6 Å². The van der Waals surface area contributed by atoms with Crippen LogP contribution in [0.4, 0.5) is 8.78 Å². The molecular weight excluding hydrogens is 400 g/mol. The second-order valence-electron chi connectivity index (χ2n) is 7.49. The molecule has 1 aromatic heterocycles. The molecule has 0 saturated carbocycles.